The highest BCUT2D eigenvalue weighted by Crippen LogP contribution is 2.25. The van der Waals surface area contributed by atoms with Crippen molar-refractivity contribution in [3.63, 3.8) is 0 Å². The second-order valence-electron chi connectivity index (χ2n) is 5.03. The predicted molar refractivity (Wildman–Crippen MR) is 66.6 cm³/mol. The Morgan fingerprint density at radius 1 is 1.47 bits per heavy atom. The van der Waals surface area contributed by atoms with E-state index in [4.69, 9.17) is 5.11 Å². The summed E-state index contributed by atoms with van der Waals surface area (Å²) in [7, 11) is 1.77. The zero-order valence-corrected chi connectivity index (χ0v) is 10.9. The molecule has 0 spiro atoms. The fraction of sp³-hybridized carbons (Fsp3) is 0.667. The van der Waals surface area contributed by atoms with Gasteiger partial charge in [-0.05, 0) is 18.8 Å². The molecule has 1 saturated carbocycles. The molecule has 7 nitrogen and oxygen atoms in total. The number of hydrogen-bond acceptors (Lipinski definition) is 4. The Balaban J connectivity index is 1.86. The monoisotopic (exact) mass is 266 g/mol. The number of likely N-dealkylation sites (N-methyl/N-ethyl adjacent to an activating group) is 1. The molecule has 2 rings (SSSR count). The van der Waals surface area contributed by atoms with Gasteiger partial charge in [-0.1, -0.05) is 18.1 Å². The van der Waals surface area contributed by atoms with Gasteiger partial charge in [0.15, 0.2) is 5.69 Å². The zero-order chi connectivity index (χ0) is 13.8. The summed E-state index contributed by atoms with van der Waals surface area (Å²) in [6, 6.07) is 0. The largest absolute Gasteiger partial charge is 0.476 e. The maximum atomic E-state index is 12.0. The summed E-state index contributed by atoms with van der Waals surface area (Å²) in [6.45, 7) is 0.794. The van der Waals surface area contributed by atoms with E-state index in [-0.39, 0.29) is 18.1 Å². The first-order valence-electron chi connectivity index (χ1n) is 6.43. The number of aromatic carboxylic acids is 1. The summed E-state index contributed by atoms with van der Waals surface area (Å²) >= 11 is 0. The Morgan fingerprint density at radius 3 is 2.74 bits per heavy atom. The van der Waals surface area contributed by atoms with Crippen LogP contribution in [0.15, 0.2) is 6.20 Å². The molecule has 0 atom stereocenters. The summed E-state index contributed by atoms with van der Waals surface area (Å²) in [4.78, 5) is 24.3. The van der Waals surface area contributed by atoms with E-state index < -0.39 is 5.97 Å². The molecule has 0 aliphatic heterocycles. The highest BCUT2D eigenvalue weighted by Gasteiger charge is 2.20. The second-order valence-corrected chi connectivity index (χ2v) is 5.03. The number of carboxylic acid groups (broad SMARTS) is 1. The third-order valence-electron chi connectivity index (χ3n) is 3.49. The molecule has 1 amide bonds. The number of amides is 1. The van der Waals surface area contributed by atoms with Crippen molar-refractivity contribution in [3.05, 3.63) is 11.9 Å². The van der Waals surface area contributed by atoms with Crippen LogP contribution in [-0.4, -0.2) is 50.5 Å². The van der Waals surface area contributed by atoms with Gasteiger partial charge in [-0.2, -0.15) is 0 Å². The minimum atomic E-state index is -1.14. The predicted octanol–water partition coefficient (Wildman–Crippen LogP) is 0.625. The van der Waals surface area contributed by atoms with E-state index in [1.54, 1.807) is 11.9 Å². The van der Waals surface area contributed by atoms with Crippen LogP contribution >= 0.6 is 0 Å². The number of carbonyl (C=O) groups excluding carboxylic acids is 1. The Morgan fingerprint density at radius 2 is 2.16 bits per heavy atom. The molecule has 104 valence electrons. The standard InChI is InChI=1S/C12H18N4O3/c1-15(6-9-4-2-3-5-9)11(17)8-16-7-10(12(18)19)13-14-16/h7,9H,2-6,8H2,1H3,(H,18,19). The van der Waals surface area contributed by atoms with Gasteiger partial charge in [-0.15, -0.1) is 5.10 Å². The van der Waals surface area contributed by atoms with Gasteiger partial charge in [0.25, 0.3) is 0 Å². The molecule has 1 heterocycles. The van der Waals surface area contributed by atoms with Crippen LogP contribution in [0.4, 0.5) is 0 Å². The van der Waals surface area contributed by atoms with Crippen LogP contribution in [-0.2, 0) is 11.3 Å². The molecule has 1 aromatic heterocycles. The lowest BCUT2D eigenvalue weighted by Gasteiger charge is -2.20. The van der Waals surface area contributed by atoms with E-state index in [1.165, 1.54) is 36.6 Å². The van der Waals surface area contributed by atoms with Gasteiger partial charge in [-0.3, -0.25) is 4.79 Å². The molecule has 1 aromatic rings. The smallest absolute Gasteiger partial charge is 0.358 e. The number of nitrogens with zero attached hydrogens (tertiary/aromatic N) is 4. The Kier molecular flexibility index (Phi) is 4.13. The lowest BCUT2D eigenvalue weighted by atomic mass is 10.1. The Bertz CT molecular complexity index is 465. The van der Waals surface area contributed by atoms with E-state index in [2.05, 4.69) is 10.3 Å². The van der Waals surface area contributed by atoms with Crippen LogP contribution in [0.5, 0.6) is 0 Å². The van der Waals surface area contributed by atoms with Gasteiger partial charge in [0.1, 0.15) is 6.54 Å². The van der Waals surface area contributed by atoms with E-state index >= 15 is 0 Å². The Hall–Kier alpha value is -1.92. The lowest BCUT2D eigenvalue weighted by molar-refractivity contribution is -0.131. The summed E-state index contributed by atoms with van der Waals surface area (Å²) in [6.07, 6.45) is 6.13. The molecule has 0 saturated heterocycles. The molecular formula is C12H18N4O3. The summed E-state index contributed by atoms with van der Waals surface area (Å²) in [5.74, 6) is -0.619. The van der Waals surface area contributed by atoms with Crippen molar-refractivity contribution in [1.29, 1.82) is 0 Å². The van der Waals surface area contributed by atoms with Crippen molar-refractivity contribution < 1.29 is 14.7 Å². The van der Waals surface area contributed by atoms with Crippen LogP contribution in [0, 0.1) is 5.92 Å². The van der Waals surface area contributed by atoms with E-state index in [0.29, 0.717) is 5.92 Å². The van der Waals surface area contributed by atoms with Gasteiger partial charge in [0, 0.05) is 13.6 Å². The van der Waals surface area contributed by atoms with Crippen molar-refractivity contribution in [3.8, 4) is 0 Å². The molecule has 0 radical (unpaired) electrons. The molecule has 0 bridgehead atoms. The van der Waals surface area contributed by atoms with E-state index in [1.807, 2.05) is 0 Å². The minimum absolute atomic E-state index is 0.0312. The first kappa shape index (κ1) is 13.5. The zero-order valence-electron chi connectivity index (χ0n) is 10.9. The van der Waals surface area contributed by atoms with Gasteiger partial charge >= 0.3 is 5.97 Å². The van der Waals surface area contributed by atoms with Crippen LogP contribution in [0.2, 0.25) is 0 Å². The molecule has 1 aliphatic carbocycles. The van der Waals surface area contributed by atoms with Gasteiger partial charge in [-0.25, -0.2) is 9.48 Å². The average molecular weight is 266 g/mol. The third kappa shape index (κ3) is 3.52. The van der Waals surface area contributed by atoms with Gasteiger partial charge in [0.2, 0.25) is 5.91 Å². The molecule has 0 aromatic carbocycles. The van der Waals surface area contributed by atoms with Crippen molar-refractivity contribution in [1.82, 2.24) is 19.9 Å². The van der Waals surface area contributed by atoms with Crippen molar-refractivity contribution in [2.24, 2.45) is 5.92 Å². The number of rotatable bonds is 5. The van der Waals surface area contributed by atoms with Crippen molar-refractivity contribution in [2.75, 3.05) is 13.6 Å². The normalized spacial score (nSPS) is 15.6. The molecule has 1 aliphatic rings. The SMILES string of the molecule is CN(CC1CCCC1)C(=O)Cn1cc(C(=O)O)nn1. The van der Waals surface area contributed by atoms with Crippen LogP contribution < -0.4 is 0 Å². The van der Waals surface area contributed by atoms with Crippen molar-refractivity contribution in [2.45, 2.75) is 32.2 Å². The number of carbonyl (C=O) groups is 2. The molecule has 7 heteroatoms. The quantitative estimate of drug-likeness (QED) is 0.844. The van der Waals surface area contributed by atoms with Crippen LogP contribution in [0.25, 0.3) is 0 Å². The minimum Gasteiger partial charge on any atom is -0.476 e. The van der Waals surface area contributed by atoms with Crippen LogP contribution in [0.3, 0.4) is 0 Å². The third-order valence-corrected chi connectivity index (χ3v) is 3.49. The molecule has 0 unspecified atom stereocenters. The maximum Gasteiger partial charge on any atom is 0.358 e. The number of aromatic nitrogens is 3. The topological polar surface area (TPSA) is 88.3 Å². The highest BCUT2D eigenvalue weighted by molar-refractivity contribution is 5.84. The number of hydrogen-bond donors (Lipinski definition) is 1. The first-order chi connectivity index (χ1) is 9.06. The van der Waals surface area contributed by atoms with Crippen LogP contribution in [0.1, 0.15) is 36.2 Å². The summed E-state index contributed by atoms with van der Waals surface area (Å²) in [5.41, 5.74) is -0.147. The molecule has 1 fully saturated rings. The average Bonchev–Trinajstić information content (AvgIpc) is 2.99. The Labute approximate surface area is 111 Å². The summed E-state index contributed by atoms with van der Waals surface area (Å²) < 4.78 is 1.26. The lowest BCUT2D eigenvalue weighted by Crippen LogP contribution is -2.33. The fourth-order valence-corrected chi connectivity index (χ4v) is 2.42. The van der Waals surface area contributed by atoms with E-state index in [9.17, 15) is 9.59 Å². The first-order valence-corrected chi connectivity index (χ1v) is 6.43. The summed E-state index contributed by atoms with van der Waals surface area (Å²) in [5, 5.41) is 15.8. The number of carboxylic acids is 1. The fourth-order valence-electron chi connectivity index (χ4n) is 2.42. The maximum absolute atomic E-state index is 12.0. The van der Waals surface area contributed by atoms with Crippen molar-refractivity contribution >= 4 is 11.9 Å². The molecular weight excluding hydrogens is 248 g/mol. The van der Waals surface area contributed by atoms with Gasteiger partial charge in [0.05, 0.1) is 6.20 Å². The second kappa shape index (κ2) is 5.81. The highest BCUT2D eigenvalue weighted by atomic mass is 16.4. The molecule has 1 N–H and O–H groups in total. The van der Waals surface area contributed by atoms with Gasteiger partial charge < -0.3 is 10.0 Å². The molecule has 19 heavy (non-hydrogen) atoms. The van der Waals surface area contributed by atoms with E-state index in [0.717, 1.165) is 6.54 Å².